The Bertz CT molecular complexity index is 515. The van der Waals surface area contributed by atoms with E-state index in [9.17, 15) is 4.79 Å². The van der Waals surface area contributed by atoms with E-state index in [0.717, 1.165) is 57.6 Å². The van der Waals surface area contributed by atoms with Crippen LogP contribution < -0.4 is 5.32 Å². The van der Waals surface area contributed by atoms with E-state index in [2.05, 4.69) is 20.2 Å². The van der Waals surface area contributed by atoms with Gasteiger partial charge in [-0.3, -0.25) is 9.69 Å². The SMILES string of the molecule is Cc1ccnc(NC2CCCN(CC(=O)N3CCCC3)C2)n1. The van der Waals surface area contributed by atoms with Gasteiger partial charge in [0.15, 0.2) is 0 Å². The largest absolute Gasteiger partial charge is 0.350 e. The second kappa shape index (κ2) is 7.05. The molecule has 0 aromatic carbocycles. The van der Waals surface area contributed by atoms with Crippen LogP contribution in [0.25, 0.3) is 0 Å². The molecule has 1 aromatic heterocycles. The zero-order valence-electron chi connectivity index (χ0n) is 13.3. The second-order valence-corrected chi connectivity index (χ2v) is 6.33. The third-order valence-electron chi connectivity index (χ3n) is 4.45. The lowest BCUT2D eigenvalue weighted by Crippen LogP contribution is -2.47. The Morgan fingerprint density at radius 2 is 2.14 bits per heavy atom. The number of likely N-dealkylation sites (tertiary alicyclic amines) is 2. The van der Waals surface area contributed by atoms with Gasteiger partial charge in [-0.1, -0.05) is 0 Å². The number of nitrogens with zero attached hydrogens (tertiary/aromatic N) is 4. The minimum absolute atomic E-state index is 0.282. The van der Waals surface area contributed by atoms with Gasteiger partial charge in [0.2, 0.25) is 11.9 Å². The van der Waals surface area contributed by atoms with Gasteiger partial charge in [-0.2, -0.15) is 0 Å². The van der Waals surface area contributed by atoms with Crippen molar-refractivity contribution >= 4 is 11.9 Å². The molecule has 2 saturated heterocycles. The number of aromatic nitrogens is 2. The fraction of sp³-hybridized carbons (Fsp3) is 0.688. The first-order valence-corrected chi connectivity index (χ1v) is 8.27. The summed E-state index contributed by atoms with van der Waals surface area (Å²) >= 11 is 0. The summed E-state index contributed by atoms with van der Waals surface area (Å²) in [5.41, 5.74) is 0.967. The highest BCUT2D eigenvalue weighted by atomic mass is 16.2. The smallest absolute Gasteiger partial charge is 0.236 e. The molecule has 2 aliphatic rings. The second-order valence-electron chi connectivity index (χ2n) is 6.33. The van der Waals surface area contributed by atoms with E-state index < -0.39 is 0 Å². The van der Waals surface area contributed by atoms with Gasteiger partial charge in [0.1, 0.15) is 0 Å². The number of rotatable bonds is 4. The van der Waals surface area contributed by atoms with Gasteiger partial charge in [-0.05, 0) is 45.2 Å². The monoisotopic (exact) mass is 303 g/mol. The maximum absolute atomic E-state index is 12.3. The predicted octanol–water partition coefficient (Wildman–Crippen LogP) is 1.28. The minimum Gasteiger partial charge on any atom is -0.350 e. The Balaban J connectivity index is 1.51. The van der Waals surface area contributed by atoms with Crippen molar-refractivity contribution in [3.05, 3.63) is 18.0 Å². The van der Waals surface area contributed by atoms with Gasteiger partial charge in [0, 0.05) is 37.6 Å². The lowest BCUT2D eigenvalue weighted by Gasteiger charge is -2.33. The van der Waals surface area contributed by atoms with Gasteiger partial charge in [-0.25, -0.2) is 9.97 Å². The van der Waals surface area contributed by atoms with Crippen molar-refractivity contribution in [2.24, 2.45) is 0 Å². The summed E-state index contributed by atoms with van der Waals surface area (Å²) in [5.74, 6) is 0.975. The molecule has 2 aliphatic heterocycles. The lowest BCUT2D eigenvalue weighted by atomic mass is 10.1. The van der Waals surface area contributed by atoms with E-state index in [1.54, 1.807) is 6.20 Å². The predicted molar refractivity (Wildman–Crippen MR) is 85.7 cm³/mol. The van der Waals surface area contributed by atoms with Gasteiger partial charge in [-0.15, -0.1) is 0 Å². The van der Waals surface area contributed by atoms with Crippen LogP contribution in [0.5, 0.6) is 0 Å². The number of amides is 1. The van der Waals surface area contributed by atoms with E-state index in [1.807, 2.05) is 17.9 Å². The molecule has 1 aromatic rings. The average Bonchev–Trinajstić information content (AvgIpc) is 3.02. The Morgan fingerprint density at radius 3 is 2.91 bits per heavy atom. The highest BCUT2D eigenvalue weighted by molar-refractivity contribution is 5.78. The normalized spacial score (nSPS) is 22.8. The molecule has 0 spiro atoms. The molecule has 3 heterocycles. The first-order valence-electron chi connectivity index (χ1n) is 8.27. The van der Waals surface area contributed by atoms with Gasteiger partial charge in [0.25, 0.3) is 0 Å². The van der Waals surface area contributed by atoms with Crippen LogP contribution in [0.1, 0.15) is 31.4 Å². The van der Waals surface area contributed by atoms with Gasteiger partial charge in [0.05, 0.1) is 6.54 Å². The molecule has 2 fully saturated rings. The summed E-state index contributed by atoms with van der Waals surface area (Å²) in [6, 6.07) is 2.22. The summed E-state index contributed by atoms with van der Waals surface area (Å²) in [6.07, 6.45) is 6.30. The van der Waals surface area contributed by atoms with Crippen LogP contribution >= 0.6 is 0 Å². The summed E-state index contributed by atoms with van der Waals surface area (Å²) < 4.78 is 0. The first-order chi connectivity index (χ1) is 10.7. The van der Waals surface area contributed by atoms with E-state index >= 15 is 0 Å². The van der Waals surface area contributed by atoms with Crippen molar-refractivity contribution < 1.29 is 4.79 Å². The Kier molecular flexibility index (Phi) is 4.87. The quantitative estimate of drug-likeness (QED) is 0.908. The summed E-state index contributed by atoms with van der Waals surface area (Å²) in [6.45, 7) is 6.28. The van der Waals surface area contributed by atoms with Crippen LogP contribution in [0.3, 0.4) is 0 Å². The van der Waals surface area contributed by atoms with Crippen molar-refractivity contribution in [1.82, 2.24) is 19.8 Å². The summed E-state index contributed by atoms with van der Waals surface area (Å²) in [5, 5.41) is 3.41. The number of hydrogen-bond donors (Lipinski definition) is 1. The van der Waals surface area contributed by atoms with Crippen molar-refractivity contribution in [3.63, 3.8) is 0 Å². The standard InChI is InChI=1S/C16H25N5O/c1-13-6-7-17-16(18-13)19-14-5-4-8-20(11-14)12-15(22)21-9-2-3-10-21/h6-7,14H,2-5,8-12H2,1H3,(H,17,18,19). The zero-order valence-corrected chi connectivity index (χ0v) is 13.3. The highest BCUT2D eigenvalue weighted by Crippen LogP contribution is 2.15. The number of carbonyl (C=O) groups is 1. The molecule has 0 radical (unpaired) electrons. The molecular formula is C16H25N5O. The van der Waals surface area contributed by atoms with E-state index in [-0.39, 0.29) is 5.91 Å². The lowest BCUT2D eigenvalue weighted by molar-refractivity contribution is -0.131. The van der Waals surface area contributed by atoms with Crippen LogP contribution in [0.4, 0.5) is 5.95 Å². The van der Waals surface area contributed by atoms with E-state index in [1.165, 1.54) is 0 Å². The number of anilines is 1. The van der Waals surface area contributed by atoms with Gasteiger partial charge < -0.3 is 10.2 Å². The van der Waals surface area contributed by atoms with Crippen LogP contribution in [0.15, 0.2) is 12.3 Å². The topological polar surface area (TPSA) is 61.4 Å². The molecule has 6 nitrogen and oxygen atoms in total. The van der Waals surface area contributed by atoms with Crippen molar-refractivity contribution in [2.75, 3.05) is 38.0 Å². The summed E-state index contributed by atoms with van der Waals surface area (Å²) in [7, 11) is 0. The first kappa shape index (κ1) is 15.2. The molecule has 1 amide bonds. The molecule has 1 unspecified atom stereocenters. The number of aryl methyl sites for hydroxylation is 1. The molecule has 1 N–H and O–H groups in total. The van der Waals surface area contributed by atoms with Crippen molar-refractivity contribution in [2.45, 2.75) is 38.6 Å². The van der Waals surface area contributed by atoms with E-state index in [0.29, 0.717) is 18.5 Å². The molecule has 1 atom stereocenters. The Morgan fingerprint density at radius 1 is 1.32 bits per heavy atom. The van der Waals surface area contributed by atoms with Crippen LogP contribution in [-0.4, -0.2) is 64.4 Å². The molecule has 0 saturated carbocycles. The Hall–Kier alpha value is -1.69. The maximum atomic E-state index is 12.3. The molecule has 3 rings (SSSR count). The number of hydrogen-bond acceptors (Lipinski definition) is 5. The summed E-state index contributed by atoms with van der Waals surface area (Å²) in [4.78, 5) is 25.2. The molecule has 0 bridgehead atoms. The average molecular weight is 303 g/mol. The van der Waals surface area contributed by atoms with E-state index in [4.69, 9.17) is 0 Å². The van der Waals surface area contributed by atoms with Crippen LogP contribution in [0.2, 0.25) is 0 Å². The molecule has 0 aliphatic carbocycles. The number of piperidine rings is 1. The molecular weight excluding hydrogens is 278 g/mol. The third kappa shape index (κ3) is 3.94. The fourth-order valence-corrected chi connectivity index (χ4v) is 3.28. The number of carbonyl (C=O) groups excluding carboxylic acids is 1. The maximum Gasteiger partial charge on any atom is 0.236 e. The molecule has 22 heavy (non-hydrogen) atoms. The third-order valence-corrected chi connectivity index (χ3v) is 4.45. The van der Waals surface area contributed by atoms with Crippen molar-refractivity contribution in [1.29, 1.82) is 0 Å². The minimum atomic E-state index is 0.282. The van der Waals surface area contributed by atoms with Crippen LogP contribution in [-0.2, 0) is 4.79 Å². The number of nitrogens with one attached hydrogen (secondary N) is 1. The van der Waals surface area contributed by atoms with Crippen LogP contribution in [0, 0.1) is 6.92 Å². The highest BCUT2D eigenvalue weighted by Gasteiger charge is 2.25. The van der Waals surface area contributed by atoms with Gasteiger partial charge >= 0.3 is 0 Å². The fourth-order valence-electron chi connectivity index (χ4n) is 3.28. The zero-order chi connectivity index (χ0) is 15.4. The Labute approximate surface area is 131 Å². The molecule has 120 valence electrons. The van der Waals surface area contributed by atoms with Crippen molar-refractivity contribution in [3.8, 4) is 0 Å². The molecule has 6 heteroatoms.